The third-order valence-electron chi connectivity index (χ3n) is 5.92. The molecule has 1 aliphatic rings. The van der Waals surface area contributed by atoms with E-state index in [1.54, 1.807) is 0 Å². The highest BCUT2D eigenvalue weighted by Crippen LogP contribution is 2.40. The van der Waals surface area contributed by atoms with E-state index in [2.05, 4.69) is 116 Å². The lowest BCUT2D eigenvalue weighted by Gasteiger charge is -2.17. The van der Waals surface area contributed by atoms with E-state index in [0.29, 0.717) is 0 Å². The van der Waals surface area contributed by atoms with Crippen LogP contribution in [-0.4, -0.2) is 29.0 Å². The minimum absolute atomic E-state index is 1.09. The first-order chi connectivity index (χ1) is 17.2. The molecule has 4 aromatic rings. The van der Waals surface area contributed by atoms with Gasteiger partial charge in [-0.2, -0.15) is 0 Å². The van der Waals surface area contributed by atoms with E-state index in [-0.39, 0.29) is 0 Å². The molecular weight excluding hydrogens is 494 g/mol. The zero-order chi connectivity index (χ0) is 25.7. The fraction of sp³-hybridized carbons (Fsp3) is 0.138. The zero-order valence-corrected chi connectivity index (χ0v) is 21.6. The van der Waals surface area contributed by atoms with Gasteiger partial charge in [-0.25, -0.2) is 23.2 Å². The fourth-order valence-electron chi connectivity index (χ4n) is 4.23. The molecule has 36 heavy (non-hydrogen) atoms. The molecule has 0 N–H and O–H groups in total. The monoisotopic (exact) mass is 519 g/mol. The van der Waals surface area contributed by atoms with Crippen LogP contribution in [0.1, 0.15) is 11.1 Å². The number of nitrogens with zero attached hydrogens (tertiary/aromatic N) is 1. The molecule has 184 valence electrons. The van der Waals surface area contributed by atoms with Gasteiger partial charge in [-0.05, 0) is 52.4 Å². The first-order valence-electron chi connectivity index (χ1n) is 11.4. The Bertz CT molecular complexity index is 1290. The molecule has 1 aliphatic heterocycles. The van der Waals surface area contributed by atoms with Crippen molar-refractivity contribution in [1.82, 2.24) is 0 Å². The van der Waals surface area contributed by atoms with Gasteiger partial charge in [0.15, 0.2) is 6.54 Å². The van der Waals surface area contributed by atoms with Gasteiger partial charge in [-0.1, -0.05) is 102 Å². The predicted octanol–water partition coefficient (Wildman–Crippen LogP) is 2.38. The lowest BCUT2D eigenvalue weighted by Crippen LogP contribution is -2.68. The van der Waals surface area contributed by atoms with Crippen LogP contribution in [0.2, 0.25) is 0 Å². The predicted molar refractivity (Wildman–Crippen MR) is 135 cm³/mol. The van der Waals surface area contributed by atoms with Crippen molar-refractivity contribution in [3.63, 3.8) is 0 Å². The molecule has 0 atom stereocenters. The molecule has 0 saturated heterocycles. The quantitative estimate of drug-likeness (QED) is 0.386. The summed E-state index contributed by atoms with van der Waals surface area (Å²) in [4.78, 5) is 0. The Balaban J connectivity index is 0.000000556. The van der Waals surface area contributed by atoms with E-state index in [1.165, 1.54) is 49.6 Å². The van der Waals surface area contributed by atoms with Gasteiger partial charge in [0, 0.05) is 0 Å². The highest BCUT2D eigenvalue weighted by molar-refractivity contribution is 8.14. The maximum atomic E-state index is 8.49. The topological polar surface area (TPSA) is 95.2 Å². The van der Waals surface area contributed by atoms with Crippen molar-refractivity contribution < 1.29 is 33.5 Å². The maximum Gasteiger partial charge on any atom is 0.243 e. The molecule has 1 heterocycles. The van der Waals surface area contributed by atoms with Crippen LogP contribution in [0.5, 0.6) is 0 Å². The summed E-state index contributed by atoms with van der Waals surface area (Å²) in [7, 11) is -2.73. The Kier molecular flexibility index (Phi) is 8.26. The maximum absolute atomic E-state index is 8.49. The van der Waals surface area contributed by atoms with E-state index >= 15 is 0 Å². The van der Waals surface area contributed by atoms with Crippen molar-refractivity contribution in [3.8, 4) is 33.4 Å². The normalized spacial score (nSPS) is 13.4. The molecule has 0 fully saturated rings. The smallest absolute Gasteiger partial charge is 0.226 e. The van der Waals surface area contributed by atoms with Crippen molar-refractivity contribution >= 4 is 16.8 Å². The number of hydrogen-bond acceptors (Lipinski definition) is 5. The third-order valence-corrected chi connectivity index (χ3v) is 7.09. The van der Waals surface area contributed by atoms with Crippen molar-refractivity contribution in [2.24, 2.45) is 0 Å². The van der Waals surface area contributed by atoms with Crippen molar-refractivity contribution in [2.75, 3.05) is 19.3 Å². The minimum Gasteiger partial charge on any atom is -0.226 e. The van der Waals surface area contributed by atoms with Gasteiger partial charge in [0.2, 0.25) is 5.04 Å². The van der Waals surface area contributed by atoms with E-state index in [9.17, 15) is 0 Å². The van der Waals surface area contributed by atoms with Crippen LogP contribution in [0.25, 0.3) is 33.4 Å². The van der Waals surface area contributed by atoms with Crippen LogP contribution in [-0.2, 0) is 0 Å². The molecular formula is C29H26ClNO4S. The van der Waals surface area contributed by atoms with Crippen LogP contribution < -0.4 is 18.6 Å². The second-order valence-corrected chi connectivity index (χ2v) is 10.3. The van der Waals surface area contributed by atoms with Crippen LogP contribution in [0, 0.1) is 17.2 Å². The van der Waals surface area contributed by atoms with Crippen LogP contribution in [0.4, 0.5) is 0 Å². The summed E-state index contributed by atoms with van der Waals surface area (Å²) in [6, 6.07) is 35.3. The van der Waals surface area contributed by atoms with Gasteiger partial charge in [0.1, 0.15) is 7.05 Å². The first kappa shape index (κ1) is 26.1. The second kappa shape index (κ2) is 11.4. The summed E-state index contributed by atoms with van der Waals surface area (Å²) in [5.74, 6) is 1.13. The van der Waals surface area contributed by atoms with E-state index in [4.69, 9.17) is 18.6 Å². The van der Waals surface area contributed by atoms with Crippen LogP contribution in [0.3, 0.4) is 0 Å². The summed E-state index contributed by atoms with van der Waals surface area (Å²) in [6.45, 7) is 3.23. The molecule has 7 heteroatoms. The summed E-state index contributed by atoms with van der Waals surface area (Å²) >= 11 is 1.97. The molecule has 0 saturated carbocycles. The molecule has 5 nitrogen and oxygen atoms in total. The van der Waals surface area contributed by atoms with Crippen molar-refractivity contribution in [3.05, 3.63) is 108 Å². The van der Waals surface area contributed by atoms with Gasteiger partial charge in [0.05, 0.1) is 11.3 Å². The molecule has 5 rings (SSSR count). The lowest BCUT2D eigenvalue weighted by atomic mass is 9.88. The fourth-order valence-corrected chi connectivity index (χ4v) is 5.46. The van der Waals surface area contributed by atoms with Crippen LogP contribution in [0.15, 0.2) is 97.1 Å². The minimum atomic E-state index is -4.94. The van der Waals surface area contributed by atoms with E-state index < -0.39 is 10.2 Å². The summed E-state index contributed by atoms with van der Waals surface area (Å²) < 4.78 is 36.4. The average Bonchev–Trinajstić information content (AvgIpc) is 3.29. The van der Waals surface area contributed by atoms with E-state index in [1.807, 2.05) is 11.8 Å². The Morgan fingerprint density at radius 2 is 1.14 bits per heavy atom. The number of aryl methyl sites for hydroxylation is 1. The summed E-state index contributed by atoms with van der Waals surface area (Å²) in [6.07, 6.45) is 0. The Morgan fingerprint density at radius 3 is 1.56 bits per heavy atom. The molecule has 0 unspecified atom stereocenters. The molecule has 0 amide bonds. The van der Waals surface area contributed by atoms with Gasteiger partial charge in [-0.15, -0.1) is 10.2 Å². The molecule has 0 radical (unpaired) electrons. The van der Waals surface area contributed by atoms with Crippen LogP contribution >= 0.6 is 11.8 Å². The average molecular weight is 520 g/mol. The van der Waals surface area contributed by atoms with Gasteiger partial charge >= 0.3 is 0 Å². The summed E-state index contributed by atoms with van der Waals surface area (Å²) in [5.41, 5.74) is 10.3. The number of rotatable bonds is 4. The number of thioether (sulfide) groups is 1. The lowest BCUT2D eigenvalue weighted by molar-refractivity contribution is -2.00. The standard InChI is InChI=1S/C29H26NS.ClHO4/c1-21-13-15-22(16-14-21)25-19-26(23-9-5-3-6-10-23)28(29-30(2)17-18-31-29)27(20-25)24-11-7-4-8-12-24;2-1(3,4)5/h3-16,19-20H,17-18H2,1-2H3;(H,2,3,4,5)/q+1;/p-1. The Morgan fingerprint density at radius 1 is 0.667 bits per heavy atom. The van der Waals surface area contributed by atoms with Crippen molar-refractivity contribution in [1.29, 1.82) is 0 Å². The Hall–Kier alpha value is -2.97. The van der Waals surface area contributed by atoms with Gasteiger partial charge < -0.3 is 0 Å². The number of hydrogen-bond donors (Lipinski definition) is 0. The molecule has 4 aromatic carbocycles. The highest BCUT2D eigenvalue weighted by Gasteiger charge is 2.28. The second-order valence-electron chi connectivity index (χ2n) is 8.50. The molecule has 0 bridgehead atoms. The summed E-state index contributed by atoms with van der Waals surface area (Å²) in [5, 5.41) is 1.37. The molecule has 0 spiro atoms. The highest BCUT2D eigenvalue weighted by atomic mass is 35.7. The number of halogens is 1. The van der Waals surface area contributed by atoms with Gasteiger partial charge in [-0.3, -0.25) is 0 Å². The molecule has 0 aromatic heterocycles. The van der Waals surface area contributed by atoms with E-state index in [0.717, 1.165) is 12.3 Å². The first-order valence-corrected chi connectivity index (χ1v) is 13.6. The Labute approximate surface area is 217 Å². The molecule has 0 aliphatic carbocycles. The number of benzene rings is 4. The zero-order valence-electron chi connectivity index (χ0n) is 20.0. The van der Waals surface area contributed by atoms with Crippen molar-refractivity contribution in [2.45, 2.75) is 6.92 Å². The largest absolute Gasteiger partial charge is 0.243 e. The SMILES string of the molecule is Cc1ccc(-c2cc(-c3ccccc3)c(C3=[N+](C)CCS3)c(-c3ccccc3)c2)cc1.[O-][Cl+3]([O-])([O-])[O-]. The van der Waals surface area contributed by atoms with Gasteiger partial charge in [0.25, 0.3) is 0 Å². The third kappa shape index (κ3) is 6.62.